The number of rotatable bonds is 7. The average molecular weight is 398 g/mol. The van der Waals surface area contributed by atoms with Gasteiger partial charge in [-0.3, -0.25) is 0 Å². The summed E-state index contributed by atoms with van der Waals surface area (Å²) in [6.45, 7) is 5.05. The van der Waals surface area contributed by atoms with Crippen LogP contribution in [-0.2, 0) is 13.1 Å². The zero-order valence-electron chi connectivity index (χ0n) is 15.3. The van der Waals surface area contributed by atoms with Gasteiger partial charge in [0, 0.05) is 30.0 Å². The molecule has 6 heteroatoms. The topological polar surface area (TPSA) is 37.3 Å². The molecule has 0 aliphatic carbocycles. The Kier molecular flexibility index (Phi) is 6.50. The predicted octanol–water partition coefficient (Wildman–Crippen LogP) is 5.55. The molecule has 0 aliphatic heterocycles. The monoisotopic (exact) mass is 397 g/mol. The lowest BCUT2D eigenvalue weighted by Gasteiger charge is -2.23. The zero-order valence-corrected chi connectivity index (χ0v) is 16.1. The summed E-state index contributed by atoms with van der Waals surface area (Å²) in [7, 11) is 0. The van der Waals surface area contributed by atoms with E-state index in [0.717, 1.165) is 11.3 Å². The first kappa shape index (κ1) is 19.7. The number of amides is 2. The molecule has 2 aromatic carbocycles. The molecule has 0 atom stereocenters. The largest absolute Gasteiger partial charge is 0.345 e. The molecule has 144 valence electrons. The Morgan fingerprint density at radius 1 is 1.18 bits per heavy atom. The van der Waals surface area contributed by atoms with E-state index < -0.39 is 5.82 Å². The average Bonchev–Trinajstić information content (AvgIpc) is 3.10. The Morgan fingerprint density at radius 2 is 2.00 bits per heavy atom. The molecule has 0 unspecified atom stereocenters. The fraction of sp³-hybridized carbons (Fsp3) is 0.136. The van der Waals surface area contributed by atoms with Crippen molar-refractivity contribution in [3.05, 3.63) is 102 Å². The second kappa shape index (κ2) is 9.24. The van der Waals surface area contributed by atoms with Gasteiger partial charge in [-0.05, 0) is 42.0 Å². The van der Waals surface area contributed by atoms with Crippen LogP contribution in [0.3, 0.4) is 0 Å². The minimum atomic E-state index is -0.473. The molecule has 3 rings (SSSR count). The molecular weight excluding hydrogens is 377 g/mol. The molecular formula is C22H21ClFN3O. The van der Waals surface area contributed by atoms with E-state index in [2.05, 4.69) is 16.5 Å². The van der Waals surface area contributed by atoms with Crippen molar-refractivity contribution < 1.29 is 9.18 Å². The fourth-order valence-corrected chi connectivity index (χ4v) is 3.12. The third-order valence-electron chi connectivity index (χ3n) is 4.27. The van der Waals surface area contributed by atoms with Gasteiger partial charge in [0.15, 0.2) is 0 Å². The Balaban J connectivity index is 1.74. The highest BCUT2D eigenvalue weighted by Crippen LogP contribution is 2.17. The zero-order chi connectivity index (χ0) is 19.9. The van der Waals surface area contributed by atoms with E-state index >= 15 is 0 Å². The van der Waals surface area contributed by atoms with Crippen molar-refractivity contribution in [3.63, 3.8) is 0 Å². The molecule has 0 bridgehead atoms. The van der Waals surface area contributed by atoms with E-state index in [0.29, 0.717) is 24.7 Å². The van der Waals surface area contributed by atoms with Crippen molar-refractivity contribution in [1.82, 2.24) is 9.47 Å². The van der Waals surface area contributed by atoms with Gasteiger partial charge < -0.3 is 14.8 Å². The van der Waals surface area contributed by atoms with Crippen molar-refractivity contribution in [1.29, 1.82) is 0 Å². The van der Waals surface area contributed by atoms with E-state index in [1.54, 1.807) is 23.1 Å². The van der Waals surface area contributed by atoms with Gasteiger partial charge in [0.25, 0.3) is 0 Å². The molecule has 1 N–H and O–H groups in total. The van der Waals surface area contributed by atoms with E-state index in [-0.39, 0.29) is 11.7 Å². The van der Waals surface area contributed by atoms with E-state index in [1.165, 1.54) is 12.1 Å². The number of hydrogen-bond acceptors (Lipinski definition) is 1. The smallest absolute Gasteiger partial charge is 0.322 e. The summed E-state index contributed by atoms with van der Waals surface area (Å²) in [5, 5.41) is 3.31. The maximum absolute atomic E-state index is 13.8. The highest BCUT2D eigenvalue weighted by atomic mass is 35.5. The highest BCUT2D eigenvalue weighted by Gasteiger charge is 2.16. The number of carbonyl (C=O) groups is 1. The standard InChI is InChI=1S/C22H21ClFN3O/c1-2-12-27(22(28)25-21-11-4-3-10-20(21)24)16-19-9-6-13-26(19)15-17-7-5-8-18(23)14-17/h2-11,13-14H,1,12,15-16H2,(H,25,28). The second-order valence-corrected chi connectivity index (χ2v) is 6.77. The second-order valence-electron chi connectivity index (χ2n) is 6.34. The Labute approximate surface area is 168 Å². The lowest BCUT2D eigenvalue weighted by Crippen LogP contribution is -2.35. The van der Waals surface area contributed by atoms with Crippen molar-refractivity contribution >= 4 is 23.3 Å². The number of aromatic nitrogens is 1. The third kappa shape index (κ3) is 5.02. The van der Waals surface area contributed by atoms with Crippen LogP contribution in [0.4, 0.5) is 14.9 Å². The van der Waals surface area contributed by atoms with Crippen LogP contribution in [0, 0.1) is 5.82 Å². The number of nitrogens with one attached hydrogen (secondary N) is 1. The van der Waals surface area contributed by atoms with Crippen LogP contribution in [0.15, 0.2) is 79.5 Å². The molecule has 0 aliphatic rings. The molecule has 1 aromatic heterocycles. The maximum Gasteiger partial charge on any atom is 0.322 e. The van der Waals surface area contributed by atoms with Gasteiger partial charge in [-0.2, -0.15) is 0 Å². The Bertz CT molecular complexity index is 970. The van der Waals surface area contributed by atoms with Crippen molar-refractivity contribution in [2.24, 2.45) is 0 Å². The number of benzene rings is 2. The summed E-state index contributed by atoms with van der Waals surface area (Å²) < 4.78 is 15.9. The van der Waals surface area contributed by atoms with Crippen LogP contribution in [0.2, 0.25) is 5.02 Å². The van der Waals surface area contributed by atoms with E-state index in [1.807, 2.05) is 42.6 Å². The molecule has 0 radical (unpaired) electrons. The highest BCUT2D eigenvalue weighted by molar-refractivity contribution is 6.30. The van der Waals surface area contributed by atoms with Gasteiger partial charge in [0.1, 0.15) is 5.82 Å². The van der Waals surface area contributed by atoms with Gasteiger partial charge in [0.2, 0.25) is 0 Å². The molecule has 0 spiro atoms. The summed E-state index contributed by atoms with van der Waals surface area (Å²) in [4.78, 5) is 14.2. The van der Waals surface area contributed by atoms with Crippen LogP contribution < -0.4 is 5.32 Å². The normalized spacial score (nSPS) is 10.5. The number of nitrogens with zero attached hydrogens (tertiary/aromatic N) is 2. The lowest BCUT2D eigenvalue weighted by atomic mass is 10.2. The number of hydrogen-bond donors (Lipinski definition) is 1. The van der Waals surface area contributed by atoms with Gasteiger partial charge >= 0.3 is 6.03 Å². The molecule has 3 aromatic rings. The van der Waals surface area contributed by atoms with Gasteiger partial charge in [0.05, 0.1) is 12.2 Å². The van der Waals surface area contributed by atoms with E-state index in [4.69, 9.17) is 11.6 Å². The molecule has 4 nitrogen and oxygen atoms in total. The van der Waals surface area contributed by atoms with E-state index in [9.17, 15) is 9.18 Å². The summed E-state index contributed by atoms with van der Waals surface area (Å²) in [5.41, 5.74) is 2.16. The van der Waals surface area contributed by atoms with Crippen LogP contribution in [0.1, 0.15) is 11.3 Å². The summed E-state index contributed by atoms with van der Waals surface area (Å²) >= 11 is 6.07. The first-order chi connectivity index (χ1) is 13.6. The summed E-state index contributed by atoms with van der Waals surface area (Å²) in [5.74, 6) is -0.473. The quantitative estimate of drug-likeness (QED) is 0.521. The fourth-order valence-electron chi connectivity index (χ4n) is 2.91. The Hall–Kier alpha value is -3.05. The van der Waals surface area contributed by atoms with Crippen molar-refractivity contribution in [3.8, 4) is 0 Å². The summed E-state index contributed by atoms with van der Waals surface area (Å²) in [6, 6.07) is 17.2. The minimum absolute atomic E-state index is 0.149. The summed E-state index contributed by atoms with van der Waals surface area (Å²) in [6.07, 6.45) is 3.60. The van der Waals surface area contributed by atoms with Crippen LogP contribution in [-0.4, -0.2) is 22.0 Å². The van der Waals surface area contributed by atoms with Crippen molar-refractivity contribution in [2.45, 2.75) is 13.1 Å². The number of para-hydroxylation sites is 1. The lowest BCUT2D eigenvalue weighted by molar-refractivity contribution is 0.213. The molecule has 1 heterocycles. The molecule has 28 heavy (non-hydrogen) atoms. The number of urea groups is 1. The maximum atomic E-state index is 13.8. The first-order valence-corrected chi connectivity index (χ1v) is 9.24. The van der Waals surface area contributed by atoms with Gasteiger partial charge in [-0.1, -0.05) is 41.9 Å². The predicted molar refractivity (Wildman–Crippen MR) is 111 cm³/mol. The van der Waals surface area contributed by atoms with Gasteiger partial charge in [-0.25, -0.2) is 9.18 Å². The van der Waals surface area contributed by atoms with Gasteiger partial charge in [-0.15, -0.1) is 6.58 Å². The number of halogens is 2. The number of carbonyl (C=O) groups excluding carboxylic acids is 1. The molecule has 0 saturated carbocycles. The third-order valence-corrected chi connectivity index (χ3v) is 4.51. The van der Waals surface area contributed by atoms with Crippen LogP contribution >= 0.6 is 11.6 Å². The minimum Gasteiger partial charge on any atom is -0.345 e. The molecule has 2 amide bonds. The first-order valence-electron chi connectivity index (χ1n) is 8.86. The Morgan fingerprint density at radius 3 is 2.75 bits per heavy atom. The number of anilines is 1. The van der Waals surface area contributed by atoms with Crippen LogP contribution in [0.5, 0.6) is 0 Å². The van der Waals surface area contributed by atoms with Crippen LogP contribution in [0.25, 0.3) is 0 Å². The molecule has 0 saturated heterocycles. The SMILES string of the molecule is C=CCN(Cc1cccn1Cc1cccc(Cl)c1)C(=O)Nc1ccccc1F. The van der Waals surface area contributed by atoms with Crippen molar-refractivity contribution in [2.75, 3.05) is 11.9 Å². The molecule has 0 fully saturated rings.